The molecule has 0 aromatic heterocycles. The molecule has 15 heavy (non-hydrogen) atoms. The third kappa shape index (κ3) is 1.19. The molecular weight excluding hydrogens is 190 g/mol. The molecule has 76 valence electrons. The monoisotopic (exact) mass is 201 g/mol. The van der Waals surface area contributed by atoms with E-state index in [0.29, 0.717) is 17.5 Å². The molecule has 0 fully saturated rings. The van der Waals surface area contributed by atoms with E-state index in [1.54, 1.807) is 6.07 Å². The molecule has 6 N–H and O–H groups in total. The van der Waals surface area contributed by atoms with Crippen molar-refractivity contribution < 1.29 is 4.79 Å². The average Bonchev–Trinajstić information content (AvgIpc) is 2.27. The van der Waals surface area contributed by atoms with Crippen LogP contribution in [0, 0.1) is 0 Å². The van der Waals surface area contributed by atoms with Crippen molar-refractivity contribution in [1.82, 2.24) is 0 Å². The van der Waals surface area contributed by atoms with Gasteiger partial charge >= 0.3 is 0 Å². The lowest BCUT2D eigenvalue weighted by molar-refractivity contribution is 0.112. The molecule has 4 nitrogen and oxygen atoms in total. The summed E-state index contributed by atoms with van der Waals surface area (Å²) in [7, 11) is 0. The molecule has 0 amide bonds. The summed E-state index contributed by atoms with van der Waals surface area (Å²) in [4.78, 5) is 10.9. The molecule has 0 radical (unpaired) electrons. The van der Waals surface area contributed by atoms with Gasteiger partial charge in [0.2, 0.25) is 0 Å². The number of anilines is 3. The molecule has 0 aliphatic heterocycles. The number of rotatable bonds is 1. The molecule has 0 unspecified atom stereocenters. The van der Waals surface area contributed by atoms with Crippen LogP contribution >= 0.6 is 0 Å². The van der Waals surface area contributed by atoms with Gasteiger partial charge in [0.05, 0.1) is 17.1 Å². The molecule has 2 aromatic carbocycles. The zero-order valence-corrected chi connectivity index (χ0v) is 8.03. The highest BCUT2D eigenvalue weighted by Gasteiger charge is 2.12. The third-order valence-corrected chi connectivity index (χ3v) is 2.50. The van der Waals surface area contributed by atoms with Gasteiger partial charge < -0.3 is 17.2 Å². The Morgan fingerprint density at radius 3 is 2.07 bits per heavy atom. The molecule has 2 aromatic rings. The summed E-state index contributed by atoms with van der Waals surface area (Å²) in [5, 5.41) is 1.49. The molecule has 4 heteroatoms. The van der Waals surface area contributed by atoms with Crippen LogP contribution in [0.15, 0.2) is 24.3 Å². The zero-order valence-electron chi connectivity index (χ0n) is 8.03. The molecule has 0 saturated heterocycles. The van der Waals surface area contributed by atoms with E-state index >= 15 is 0 Å². The molecule has 0 atom stereocenters. The van der Waals surface area contributed by atoms with Crippen LogP contribution in [0.3, 0.4) is 0 Å². The van der Waals surface area contributed by atoms with Crippen molar-refractivity contribution in [2.75, 3.05) is 17.2 Å². The minimum atomic E-state index is 0.251. The van der Waals surface area contributed by atoms with Crippen LogP contribution in [0.5, 0.6) is 0 Å². The van der Waals surface area contributed by atoms with Gasteiger partial charge in [-0.2, -0.15) is 0 Å². The number of nitrogen functional groups attached to an aromatic ring is 3. The molecule has 0 aliphatic rings. The highest BCUT2D eigenvalue weighted by Crippen LogP contribution is 2.35. The smallest absolute Gasteiger partial charge is 0.152 e. The Bertz CT molecular complexity index is 549. The van der Waals surface area contributed by atoms with E-state index in [1.807, 2.05) is 18.2 Å². The Morgan fingerprint density at radius 2 is 1.47 bits per heavy atom. The van der Waals surface area contributed by atoms with Gasteiger partial charge in [-0.15, -0.1) is 0 Å². The van der Waals surface area contributed by atoms with Crippen LogP contribution in [-0.4, -0.2) is 6.29 Å². The summed E-state index contributed by atoms with van der Waals surface area (Å²) in [6.45, 7) is 0. The number of fused-ring (bicyclic) bond motifs is 1. The maximum Gasteiger partial charge on any atom is 0.152 e. The first-order valence-corrected chi connectivity index (χ1v) is 4.47. The lowest BCUT2D eigenvalue weighted by Gasteiger charge is -2.11. The summed E-state index contributed by atoms with van der Waals surface area (Å²) in [6, 6.07) is 7.27. The lowest BCUT2D eigenvalue weighted by Crippen LogP contribution is -2.04. The van der Waals surface area contributed by atoms with Crippen LogP contribution in [-0.2, 0) is 0 Å². The predicted octanol–water partition coefficient (Wildman–Crippen LogP) is 1.40. The fraction of sp³-hybridized carbons (Fsp3) is 0. The third-order valence-electron chi connectivity index (χ3n) is 2.50. The molecule has 0 spiro atoms. The van der Waals surface area contributed by atoms with E-state index in [9.17, 15) is 4.79 Å². The quantitative estimate of drug-likeness (QED) is 0.480. The second kappa shape index (κ2) is 3.16. The fourth-order valence-corrected chi connectivity index (χ4v) is 1.66. The Labute approximate surface area is 86.7 Å². The normalized spacial score (nSPS) is 10.4. The van der Waals surface area contributed by atoms with E-state index in [1.165, 1.54) is 0 Å². The Kier molecular flexibility index (Phi) is 1.97. The standard InChI is InChI=1S/C11H11N3O/c12-9-7-4-2-1-3-6(7)8(5-15)10(13)11(9)14/h1-5H,12-14H2. The Balaban J connectivity index is 3.04. The topological polar surface area (TPSA) is 95.1 Å². The average molecular weight is 201 g/mol. The van der Waals surface area contributed by atoms with E-state index in [2.05, 4.69) is 0 Å². The van der Waals surface area contributed by atoms with Gasteiger partial charge in [-0.05, 0) is 5.39 Å². The van der Waals surface area contributed by atoms with Gasteiger partial charge in [0.15, 0.2) is 6.29 Å². The fourth-order valence-electron chi connectivity index (χ4n) is 1.66. The SMILES string of the molecule is Nc1c(N)c(C=O)c2ccccc2c1N. The minimum Gasteiger partial charge on any atom is -0.396 e. The second-order valence-electron chi connectivity index (χ2n) is 3.32. The maximum absolute atomic E-state index is 10.9. The number of carbonyl (C=O) groups excluding carboxylic acids is 1. The first kappa shape index (κ1) is 9.33. The number of hydrogen-bond acceptors (Lipinski definition) is 4. The maximum atomic E-state index is 10.9. The molecular formula is C11H11N3O. The van der Waals surface area contributed by atoms with Crippen LogP contribution in [0.2, 0.25) is 0 Å². The van der Waals surface area contributed by atoms with Crippen molar-refractivity contribution >= 4 is 34.1 Å². The van der Waals surface area contributed by atoms with Crippen LogP contribution in [0.4, 0.5) is 17.1 Å². The van der Waals surface area contributed by atoms with Gasteiger partial charge in [0.25, 0.3) is 0 Å². The van der Waals surface area contributed by atoms with Crippen molar-refractivity contribution in [3.05, 3.63) is 29.8 Å². The Hall–Kier alpha value is -2.23. The molecule has 0 bridgehead atoms. The first-order valence-electron chi connectivity index (χ1n) is 4.47. The van der Waals surface area contributed by atoms with Crippen molar-refractivity contribution in [3.8, 4) is 0 Å². The van der Waals surface area contributed by atoms with Gasteiger partial charge in [-0.25, -0.2) is 0 Å². The molecule has 2 rings (SSSR count). The van der Waals surface area contributed by atoms with Gasteiger partial charge in [0, 0.05) is 10.9 Å². The van der Waals surface area contributed by atoms with Crippen molar-refractivity contribution in [2.45, 2.75) is 0 Å². The summed E-state index contributed by atoms with van der Waals surface area (Å²) >= 11 is 0. The lowest BCUT2D eigenvalue weighted by atomic mass is 10.0. The highest BCUT2D eigenvalue weighted by molar-refractivity contribution is 6.13. The number of carbonyl (C=O) groups is 1. The summed E-state index contributed by atoms with van der Waals surface area (Å²) in [5.41, 5.74) is 18.6. The number of nitrogens with two attached hydrogens (primary N) is 3. The van der Waals surface area contributed by atoms with Crippen molar-refractivity contribution in [3.63, 3.8) is 0 Å². The summed E-state index contributed by atoms with van der Waals surface area (Å²) < 4.78 is 0. The minimum absolute atomic E-state index is 0.251. The number of aldehydes is 1. The van der Waals surface area contributed by atoms with Crippen LogP contribution in [0.1, 0.15) is 10.4 Å². The van der Waals surface area contributed by atoms with E-state index in [4.69, 9.17) is 17.2 Å². The second-order valence-corrected chi connectivity index (χ2v) is 3.32. The van der Waals surface area contributed by atoms with E-state index in [0.717, 1.165) is 10.8 Å². The molecule has 0 aliphatic carbocycles. The largest absolute Gasteiger partial charge is 0.396 e. The van der Waals surface area contributed by atoms with Crippen LogP contribution in [0.25, 0.3) is 10.8 Å². The molecule has 0 heterocycles. The predicted molar refractivity (Wildman–Crippen MR) is 62.6 cm³/mol. The first-order chi connectivity index (χ1) is 7.16. The van der Waals surface area contributed by atoms with Crippen molar-refractivity contribution in [1.29, 1.82) is 0 Å². The summed E-state index contributed by atoms with van der Waals surface area (Å²) in [6.07, 6.45) is 0.702. The molecule has 0 saturated carbocycles. The van der Waals surface area contributed by atoms with E-state index < -0.39 is 0 Å². The van der Waals surface area contributed by atoms with Gasteiger partial charge in [-0.3, -0.25) is 4.79 Å². The zero-order chi connectivity index (χ0) is 11.0. The van der Waals surface area contributed by atoms with Crippen molar-refractivity contribution in [2.24, 2.45) is 0 Å². The Morgan fingerprint density at radius 1 is 0.867 bits per heavy atom. The van der Waals surface area contributed by atoms with E-state index in [-0.39, 0.29) is 11.4 Å². The van der Waals surface area contributed by atoms with Crippen LogP contribution < -0.4 is 17.2 Å². The number of hydrogen-bond donors (Lipinski definition) is 3. The summed E-state index contributed by atoms with van der Waals surface area (Å²) in [5.74, 6) is 0. The van der Waals surface area contributed by atoms with Gasteiger partial charge in [0.1, 0.15) is 0 Å². The van der Waals surface area contributed by atoms with Gasteiger partial charge in [-0.1, -0.05) is 24.3 Å². The highest BCUT2D eigenvalue weighted by atomic mass is 16.1. The number of benzene rings is 2.